The van der Waals surface area contributed by atoms with E-state index < -0.39 is 6.85 Å². The van der Waals surface area contributed by atoms with Crippen LogP contribution in [0.4, 0.5) is 0 Å². The first-order chi connectivity index (χ1) is 33.1. The van der Waals surface area contributed by atoms with Gasteiger partial charge in [-0.05, 0) is 119 Å². The molecule has 0 spiro atoms. The Morgan fingerprint density at radius 2 is 1.19 bits per heavy atom. The summed E-state index contributed by atoms with van der Waals surface area (Å²) < 4.78 is 29.0. The molecule has 0 bridgehead atoms. The maximum absolute atomic E-state index is 12.0. The second-order valence-corrected chi connectivity index (χ2v) is 18.4. The van der Waals surface area contributed by atoms with Gasteiger partial charge in [-0.2, -0.15) is 0 Å². The Kier molecular flexibility index (Phi) is 11.3. The Bertz CT molecular complexity index is 3540. The van der Waals surface area contributed by atoms with Gasteiger partial charge in [-0.25, -0.2) is 4.98 Å². The van der Waals surface area contributed by atoms with Crippen LogP contribution in [0, 0.1) is 33.7 Å². The molecule has 0 fully saturated rings. The maximum atomic E-state index is 12.0. The van der Waals surface area contributed by atoms with Gasteiger partial charge in [0.2, 0.25) is 0 Å². The molecule has 2 aromatic heterocycles. The van der Waals surface area contributed by atoms with Crippen LogP contribution in [0.3, 0.4) is 0 Å². The summed E-state index contributed by atoms with van der Waals surface area (Å²) in [6.07, 6.45) is 1.85. The molecule has 0 aliphatic heterocycles. The number of fused-ring (bicyclic) bond motifs is 1. The minimum absolute atomic E-state index is 0. The number of rotatable bonds is 8. The summed E-state index contributed by atoms with van der Waals surface area (Å²) >= 11 is 0. The van der Waals surface area contributed by atoms with Crippen LogP contribution in [0.2, 0.25) is 0 Å². The van der Waals surface area contributed by atoms with Gasteiger partial charge >= 0.3 is 0 Å². The first-order valence-electron chi connectivity index (χ1n) is 23.9. The van der Waals surface area contributed by atoms with Crippen molar-refractivity contribution in [3.05, 3.63) is 216 Å². The summed E-state index contributed by atoms with van der Waals surface area (Å²) in [6.45, 7) is 10.1. The van der Waals surface area contributed by atoms with Crippen molar-refractivity contribution < 1.29 is 30.3 Å². The van der Waals surface area contributed by atoms with E-state index in [2.05, 4.69) is 119 Å². The molecule has 10 rings (SSSR count). The molecule has 1 N–H and O–H groups in total. The molecular formula is C62H52N3OPt-. The van der Waals surface area contributed by atoms with Crippen LogP contribution >= 0.6 is 0 Å². The van der Waals surface area contributed by atoms with Crippen molar-refractivity contribution in [1.29, 1.82) is 0 Å². The van der Waals surface area contributed by atoms with Gasteiger partial charge in [-0.15, -0.1) is 23.8 Å². The van der Waals surface area contributed by atoms with Gasteiger partial charge in [0, 0.05) is 42.6 Å². The largest absolute Gasteiger partial charge is 0.507 e. The number of hydrogen-bond acceptors (Lipinski definition) is 3. The first kappa shape index (κ1) is 41.3. The van der Waals surface area contributed by atoms with Crippen LogP contribution in [0.25, 0.3) is 95.0 Å². The molecule has 0 amide bonds. The fourth-order valence-electron chi connectivity index (χ4n) is 9.04. The normalized spacial score (nSPS) is 12.3. The molecule has 0 atom stereocenters. The van der Waals surface area contributed by atoms with Gasteiger partial charge in [0.15, 0.2) is 0 Å². The topological polar surface area (TPSA) is 50.9 Å². The van der Waals surface area contributed by atoms with Crippen LogP contribution in [0.5, 0.6) is 5.75 Å². The van der Waals surface area contributed by atoms with Crippen molar-refractivity contribution in [2.45, 2.75) is 53.8 Å². The van der Waals surface area contributed by atoms with Gasteiger partial charge < -0.3 is 5.11 Å². The van der Waals surface area contributed by atoms with Crippen LogP contribution in [-0.4, -0.2) is 19.6 Å². The second-order valence-electron chi connectivity index (χ2n) is 18.4. The number of para-hydroxylation sites is 1. The quantitative estimate of drug-likeness (QED) is 0.154. The van der Waals surface area contributed by atoms with E-state index in [9.17, 15) is 5.11 Å². The summed E-state index contributed by atoms with van der Waals surface area (Å²) in [7, 11) is 0. The minimum Gasteiger partial charge on any atom is -0.507 e. The molecule has 0 aliphatic carbocycles. The third kappa shape index (κ3) is 8.83. The average molecular weight is 1050 g/mol. The molecule has 4 nitrogen and oxygen atoms in total. The maximum Gasteiger partial charge on any atom is 0.148 e. The molecule has 332 valence electrons. The first-order valence-corrected chi connectivity index (χ1v) is 22.4. The predicted molar refractivity (Wildman–Crippen MR) is 275 cm³/mol. The van der Waals surface area contributed by atoms with E-state index in [1.807, 2.05) is 116 Å². The zero-order valence-corrected chi connectivity index (χ0v) is 40.7. The van der Waals surface area contributed by atoms with E-state index in [0.29, 0.717) is 33.7 Å². The van der Waals surface area contributed by atoms with E-state index in [-0.39, 0.29) is 37.8 Å². The Labute approximate surface area is 413 Å². The van der Waals surface area contributed by atoms with Crippen molar-refractivity contribution in [3.8, 4) is 89.7 Å². The van der Waals surface area contributed by atoms with Crippen LogP contribution in [0.1, 0.15) is 52.7 Å². The third-order valence-electron chi connectivity index (χ3n) is 12.6. The van der Waals surface area contributed by atoms with E-state index in [1.54, 1.807) is 0 Å². The summed E-state index contributed by atoms with van der Waals surface area (Å²) in [5.41, 5.74) is 17.3. The number of aromatic hydroxyl groups is 1. The summed E-state index contributed by atoms with van der Waals surface area (Å²) in [4.78, 5) is 10.4. The molecule has 10 aromatic rings. The van der Waals surface area contributed by atoms with Gasteiger partial charge in [-0.1, -0.05) is 176 Å². The molecule has 0 saturated carbocycles. The zero-order chi connectivity index (χ0) is 48.2. The number of aromatic nitrogens is 3. The Morgan fingerprint density at radius 3 is 1.90 bits per heavy atom. The van der Waals surface area contributed by atoms with Gasteiger partial charge in [0.1, 0.15) is 11.6 Å². The van der Waals surface area contributed by atoms with E-state index in [4.69, 9.17) is 14.1 Å². The Hall–Kier alpha value is -7.13. The number of phenols is 1. The molecular weight excluding hydrogens is 998 g/mol. The van der Waals surface area contributed by atoms with Crippen LogP contribution in [-0.2, 0) is 26.5 Å². The van der Waals surface area contributed by atoms with Crippen LogP contribution in [0.15, 0.2) is 182 Å². The number of aryl methyl sites for hydroxylation is 4. The molecule has 2 heterocycles. The van der Waals surface area contributed by atoms with E-state index in [1.165, 1.54) is 11.1 Å². The number of hydrogen-bond donors (Lipinski definition) is 1. The monoisotopic (exact) mass is 1050 g/mol. The summed E-state index contributed by atoms with van der Waals surface area (Å²) in [6, 6.07) is 63.1. The third-order valence-corrected chi connectivity index (χ3v) is 12.6. The van der Waals surface area contributed by atoms with Gasteiger partial charge in [0.05, 0.1) is 22.3 Å². The summed E-state index contributed by atoms with van der Waals surface area (Å²) in [5, 5.41) is 12.0. The van der Waals surface area contributed by atoms with Gasteiger partial charge in [0.25, 0.3) is 0 Å². The number of pyridine rings is 1. The van der Waals surface area contributed by atoms with E-state index >= 15 is 0 Å². The molecule has 0 unspecified atom stereocenters. The fourth-order valence-corrected chi connectivity index (χ4v) is 9.04. The number of nitrogens with zero attached hydrogens (tertiary/aromatic N) is 3. The van der Waals surface area contributed by atoms with Crippen molar-refractivity contribution in [3.63, 3.8) is 0 Å². The van der Waals surface area contributed by atoms with Crippen molar-refractivity contribution in [1.82, 2.24) is 14.5 Å². The van der Waals surface area contributed by atoms with Crippen molar-refractivity contribution in [2.24, 2.45) is 0 Å². The average Bonchev–Trinajstić information content (AvgIpc) is 3.74. The number of imidazole rings is 1. The molecule has 67 heavy (non-hydrogen) atoms. The number of phenolic OH excluding ortho intramolecular Hbond substituents is 1. The van der Waals surface area contributed by atoms with Crippen LogP contribution < -0.4 is 0 Å². The molecule has 5 heteroatoms. The Balaban J connectivity index is 0.00000608. The van der Waals surface area contributed by atoms with Crippen molar-refractivity contribution in [2.75, 3.05) is 0 Å². The van der Waals surface area contributed by atoms with E-state index in [0.717, 1.165) is 72.4 Å². The SMILES string of the molecule is [2H]C([2H])([2H])c1cc(-n2c(-c3cc(C)cc(C)c3O)nc3c(-c4[c-]c(-c5cc(-c6ccc(C)cc6)ccn5)cc(-c5ccccc5)c4)cccc32)c(-c2ccc(C(C)(C)C)cc2)cc1-c1ccccc1.[Pt]. The standard InChI is InChI=1S/C62H52N3O.Pt/c1-39-21-23-44(24-22-39)47-29-30-63-56(37-47)50-35-48(43-15-10-8-11-16-43)34-49(36-50)52-19-14-20-57-59(52)64-61(55-32-40(2)31-42(4)60(55)66)65(57)58-33-41(3)53(45-17-12-9-13-18-45)38-54(58)46-25-27-51(28-26-46)62(5,6)7;/h8-35,37-38,66H,1-7H3;/q-1;/i3D3;. The smallest absolute Gasteiger partial charge is 0.148 e. The summed E-state index contributed by atoms with van der Waals surface area (Å²) in [5.74, 6) is 0.580. The van der Waals surface area contributed by atoms with Crippen molar-refractivity contribution >= 4 is 11.0 Å². The predicted octanol–water partition coefficient (Wildman–Crippen LogP) is 16.1. The molecule has 8 aromatic carbocycles. The molecule has 0 radical (unpaired) electrons. The molecule has 0 saturated heterocycles. The van der Waals surface area contributed by atoms with Gasteiger partial charge in [-0.3, -0.25) is 9.55 Å². The fraction of sp³-hybridized carbons (Fsp3) is 0.129. The second kappa shape index (κ2) is 18.3. The minimum atomic E-state index is -2.48. The molecule has 0 aliphatic rings. The number of benzene rings is 8. The Morgan fingerprint density at radius 1 is 0.537 bits per heavy atom. The zero-order valence-electron chi connectivity index (χ0n) is 41.4.